The Morgan fingerprint density at radius 3 is 2.85 bits per heavy atom. The van der Waals surface area contributed by atoms with E-state index < -0.39 is 0 Å². The van der Waals surface area contributed by atoms with E-state index in [9.17, 15) is 0 Å². The van der Waals surface area contributed by atoms with Crippen molar-refractivity contribution < 1.29 is 9.47 Å². The van der Waals surface area contributed by atoms with Crippen LogP contribution in [0.25, 0.3) is 0 Å². The number of ether oxygens (including phenoxy) is 2. The molecule has 2 N–H and O–H groups in total. The Balaban J connectivity index is 1.52. The Morgan fingerprint density at radius 1 is 1.38 bits per heavy atom. The minimum atomic E-state index is 0.265. The summed E-state index contributed by atoms with van der Waals surface area (Å²) in [5, 5.41) is 0. The monoisotopic (exact) mass is 185 g/mol. The van der Waals surface area contributed by atoms with E-state index >= 15 is 0 Å². The van der Waals surface area contributed by atoms with Crippen LogP contribution in [0.1, 0.15) is 25.7 Å². The van der Waals surface area contributed by atoms with Crippen LogP contribution in [0.15, 0.2) is 0 Å². The van der Waals surface area contributed by atoms with E-state index in [2.05, 4.69) is 0 Å². The van der Waals surface area contributed by atoms with Crippen molar-refractivity contribution >= 4 is 0 Å². The van der Waals surface area contributed by atoms with Gasteiger partial charge in [0.25, 0.3) is 0 Å². The van der Waals surface area contributed by atoms with E-state index in [0.29, 0.717) is 12.7 Å². The minimum absolute atomic E-state index is 0.265. The van der Waals surface area contributed by atoms with Crippen LogP contribution in [0.2, 0.25) is 0 Å². The molecule has 2 unspecified atom stereocenters. The van der Waals surface area contributed by atoms with Crippen LogP contribution in [0.3, 0.4) is 0 Å². The lowest BCUT2D eigenvalue weighted by atomic mass is 10.2. The third-order valence-electron chi connectivity index (χ3n) is 2.87. The van der Waals surface area contributed by atoms with Gasteiger partial charge in [0, 0.05) is 12.6 Å². The topological polar surface area (TPSA) is 44.5 Å². The van der Waals surface area contributed by atoms with Crippen molar-refractivity contribution in [2.45, 2.75) is 37.8 Å². The fourth-order valence-corrected chi connectivity index (χ4v) is 1.77. The fourth-order valence-electron chi connectivity index (χ4n) is 1.77. The molecule has 0 bridgehead atoms. The standard InChI is InChI=1S/C10H19NO2/c11-10(8-3-4-8)7-12-6-9-2-1-5-13-9/h8-10H,1-7,11H2. The van der Waals surface area contributed by atoms with Crippen LogP contribution in [0.5, 0.6) is 0 Å². The van der Waals surface area contributed by atoms with Gasteiger partial charge in [0.15, 0.2) is 0 Å². The summed E-state index contributed by atoms with van der Waals surface area (Å²) >= 11 is 0. The van der Waals surface area contributed by atoms with Crippen molar-refractivity contribution in [1.29, 1.82) is 0 Å². The van der Waals surface area contributed by atoms with Crippen LogP contribution in [-0.4, -0.2) is 32.0 Å². The summed E-state index contributed by atoms with van der Waals surface area (Å²) in [6.45, 7) is 2.35. The van der Waals surface area contributed by atoms with Gasteiger partial charge in [-0.05, 0) is 31.6 Å². The number of hydrogen-bond donors (Lipinski definition) is 1. The molecule has 1 aliphatic heterocycles. The highest BCUT2D eigenvalue weighted by Gasteiger charge is 2.28. The first-order valence-electron chi connectivity index (χ1n) is 5.31. The van der Waals surface area contributed by atoms with E-state index in [4.69, 9.17) is 15.2 Å². The molecule has 3 nitrogen and oxygen atoms in total. The number of nitrogens with two attached hydrogens (primary N) is 1. The van der Waals surface area contributed by atoms with Gasteiger partial charge in [-0.3, -0.25) is 0 Å². The molecule has 3 heteroatoms. The molecule has 0 aromatic carbocycles. The Kier molecular flexibility index (Phi) is 3.19. The molecule has 0 aromatic heterocycles. The second-order valence-corrected chi connectivity index (χ2v) is 4.17. The lowest BCUT2D eigenvalue weighted by molar-refractivity contribution is 0.0116. The smallest absolute Gasteiger partial charge is 0.0809 e. The zero-order valence-corrected chi connectivity index (χ0v) is 8.08. The molecule has 1 saturated heterocycles. The normalized spacial score (nSPS) is 30.7. The highest BCUT2D eigenvalue weighted by atomic mass is 16.5. The summed E-state index contributed by atoms with van der Waals surface area (Å²) in [4.78, 5) is 0. The number of rotatable bonds is 5. The molecule has 0 aromatic rings. The van der Waals surface area contributed by atoms with Gasteiger partial charge >= 0.3 is 0 Å². The Bertz CT molecular complexity index is 151. The van der Waals surface area contributed by atoms with Crippen molar-refractivity contribution in [2.24, 2.45) is 11.7 Å². The van der Waals surface area contributed by atoms with E-state index in [-0.39, 0.29) is 6.04 Å². The summed E-state index contributed by atoms with van der Waals surface area (Å²) in [7, 11) is 0. The molecule has 1 saturated carbocycles. The third-order valence-corrected chi connectivity index (χ3v) is 2.87. The number of hydrogen-bond acceptors (Lipinski definition) is 3. The first-order valence-corrected chi connectivity index (χ1v) is 5.31. The van der Waals surface area contributed by atoms with E-state index in [1.54, 1.807) is 0 Å². The highest BCUT2D eigenvalue weighted by Crippen LogP contribution is 2.31. The summed E-state index contributed by atoms with van der Waals surface area (Å²) < 4.78 is 11.0. The van der Waals surface area contributed by atoms with E-state index in [1.165, 1.54) is 19.3 Å². The molecule has 0 amide bonds. The second-order valence-electron chi connectivity index (χ2n) is 4.17. The minimum Gasteiger partial charge on any atom is -0.377 e. The van der Waals surface area contributed by atoms with Gasteiger partial charge in [-0.1, -0.05) is 0 Å². The van der Waals surface area contributed by atoms with Gasteiger partial charge in [-0.25, -0.2) is 0 Å². The molecular weight excluding hydrogens is 166 g/mol. The predicted molar refractivity (Wildman–Crippen MR) is 50.5 cm³/mol. The van der Waals surface area contributed by atoms with Crippen molar-refractivity contribution in [3.8, 4) is 0 Å². The van der Waals surface area contributed by atoms with Crippen molar-refractivity contribution in [1.82, 2.24) is 0 Å². The molecule has 0 spiro atoms. The summed E-state index contributed by atoms with van der Waals surface area (Å²) in [5.74, 6) is 0.740. The molecule has 2 atom stereocenters. The summed E-state index contributed by atoms with van der Waals surface area (Å²) in [5.41, 5.74) is 5.90. The lowest BCUT2D eigenvalue weighted by Gasteiger charge is -2.13. The van der Waals surface area contributed by atoms with Crippen LogP contribution in [0, 0.1) is 5.92 Å². The summed E-state index contributed by atoms with van der Waals surface area (Å²) in [6.07, 6.45) is 5.27. The van der Waals surface area contributed by atoms with Gasteiger partial charge in [-0.15, -0.1) is 0 Å². The Morgan fingerprint density at radius 2 is 2.23 bits per heavy atom. The van der Waals surface area contributed by atoms with Gasteiger partial charge in [0.1, 0.15) is 0 Å². The molecule has 2 rings (SSSR count). The Hall–Kier alpha value is -0.120. The van der Waals surface area contributed by atoms with E-state index in [0.717, 1.165) is 25.6 Å². The SMILES string of the molecule is NC(COCC1CCCO1)C1CC1. The third kappa shape index (κ3) is 2.93. The quantitative estimate of drug-likeness (QED) is 0.692. The maximum Gasteiger partial charge on any atom is 0.0809 e. The van der Waals surface area contributed by atoms with Gasteiger partial charge < -0.3 is 15.2 Å². The lowest BCUT2D eigenvalue weighted by Crippen LogP contribution is -2.30. The average molecular weight is 185 g/mol. The first kappa shape index (κ1) is 9.44. The molecular formula is C10H19NO2. The van der Waals surface area contributed by atoms with Crippen molar-refractivity contribution in [3.05, 3.63) is 0 Å². The molecule has 13 heavy (non-hydrogen) atoms. The molecule has 0 radical (unpaired) electrons. The van der Waals surface area contributed by atoms with E-state index in [1.807, 2.05) is 0 Å². The molecule has 1 aliphatic carbocycles. The molecule has 1 heterocycles. The van der Waals surface area contributed by atoms with Crippen LogP contribution >= 0.6 is 0 Å². The average Bonchev–Trinajstić information content (AvgIpc) is 2.86. The molecule has 2 aliphatic rings. The molecule has 2 fully saturated rings. The van der Waals surface area contributed by atoms with Gasteiger partial charge in [-0.2, -0.15) is 0 Å². The summed E-state index contributed by atoms with van der Waals surface area (Å²) in [6, 6.07) is 0.265. The van der Waals surface area contributed by atoms with Crippen LogP contribution in [0.4, 0.5) is 0 Å². The Labute approximate surface area is 79.6 Å². The zero-order chi connectivity index (χ0) is 9.10. The zero-order valence-electron chi connectivity index (χ0n) is 8.08. The van der Waals surface area contributed by atoms with Crippen molar-refractivity contribution in [2.75, 3.05) is 19.8 Å². The molecule has 76 valence electrons. The van der Waals surface area contributed by atoms with Crippen LogP contribution in [-0.2, 0) is 9.47 Å². The first-order chi connectivity index (χ1) is 6.36. The van der Waals surface area contributed by atoms with Gasteiger partial charge in [0.2, 0.25) is 0 Å². The van der Waals surface area contributed by atoms with Gasteiger partial charge in [0.05, 0.1) is 19.3 Å². The van der Waals surface area contributed by atoms with Crippen molar-refractivity contribution in [3.63, 3.8) is 0 Å². The largest absolute Gasteiger partial charge is 0.377 e. The van der Waals surface area contributed by atoms with Crippen LogP contribution < -0.4 is 5.73 Å². The maximum absolute atomic E-state index is 5.90. The maximum atomic E-state index is 5.90. The second kappa shape index (κ2) is 4.40. The predicted octanol–water partition coefficient (Wildman–Crippen LogP) is 0.919. The highest BCUT2D eigenvalue weighted by molar-refractivity contribution is 4.83. The fraction of sp³-hybridized carbons (Fsp3) is 1.00.